The Kier molecular flexibility index (Phi) is 5.07. The predicted octanol–water partition coefficient (Wildman–Crippen LogP) is 3.19. The molecule has 5 nitrogen and oxygen atoms in total. The first-order valence-corrected chi connectivity index (χ1v) is 9.80. The predicted molar refractivity (Wildman–Crippen MR) is 106 cm³/mol. The molecule has 2 aromatic carbocycles. The Labute approximate surface area is 161 Å². The van der Waals surface area contributed by atoms with E-state index < -0.39 is 0 Å². The number of aromatic nitrogens is 2. The van der Waals surface area contributed by atoms with Gasteiger partial charge in [-0.25, -0.2) is 4.98 Å². The van der Waals surface area contributed by atoms with Crippen LogP contribution in [0.4, 0.5) is 0 Å². The van der Waals surface area contributed by atoms with E-state index in [0.717, 1.165) is 11.1 Å². The molecule has 1 N–H and O–H groups in total. The van der Waals surface area contributed by atoms with Crippen LogP contribution < -0.4 is 10.9 Å². The molecule has 1 aliphatic heterocycles. The van der Waals surface area contributed by atoms with Crippen LogP contribution in [0.3, 0.4) is 0 Å². The van der Waals surface area contributed by atoms with E-state index >= 15 is 0 Å². The van der Waals surface area contributed by atoms with Crippen LogP contribution in [0, 0.1) is 0 Å². The number of nitrogens with zero attached hydrogens (tertiary/aromatic N) is 2. The van der Waals surface area contributed by atoms with Gasteiger partial charge in [0.2, 0.25) is 5.91 Å². The van der Waals surface area contributed by atoms with Gasteiger partial charge in [0.15, 0.2) is 5.16 Å². The van der Waals surface area contributed by atoms with Crippen LogP contribution in [-0.2, 0) is 4.79 Å². The van der Waals surface area contributed by atoms with Crippen LogP contribution >= 0.6 is 11.8 Å². The van der Waals surface area contributed by atoms with Gasteiger partial charge in [0.1, 0.15) is 0 Å². The minimum atomic E-state index is -0.223. The van der Waals surface area contributed by atoms with E-state index in [9.17, 15) is 9.59 Å². The zero-order chi connectivity index (χ0) is 18.6. The van der Waals surface area contributed by atoms with Crippen molar-refractivity contribution in [2.75, 3.05) is 5.75 Å². The van der Waals surface area contributed by atoms with E-state index in [1.165, 1.54) is 24.0 Å². The number of fused-ring (bicyclic) bond motifs is 1. The Morgan fingerprint density at radius 2 is 1.70 bits per heavy atom. The fourth-order valence-corrected chi connectivity index (χ4v) is 4.45. The standard InChI is InChI=1S/C21H19N3O2S/c25-18(13-17-14-27-21-22-12-11-19(26)24(17)21)23-20(15-7-3-1-4-8-15)16-9-5-2-6-10-16/h1-12,17,20H,13-14H2,(H,23,25). The Morgan fingerprint density at radius 3 is 2.33 bits per heavy atom. The molecule has 0 saturated heterocycles. The van der Waals surface area contributed by atoms with Crippen molar-refractivity contribution in [3.8, 4) is 0 Å². The molecule has 3 aromatic rings. The van der Waals surface area contributed by atoms with Crippen LogP contribution in [-0.4, -0.2) is 21.2 Å². The second-order valence-corrected chi connectivity index (χ2v) is 7.41. The lowest BCUT2D eigenvalue weighted by atomic mass is 9.98. The van der Waals surface area contributed by atoms with Gasteiger partial charge in [0.25, 0.3) is 5.56 Å². The molecule has 1 aromatic heterocycles. The van der Waals surface area contributed by atoms with Crippen LogP contribution in [0.2, 0.25) is 0 Å². The van der Waals surface area contributed by atoms with E-state index in [2.05, 4.69) is 10.3 Å². The molecule has 0 saturated carbocycles. The lowest BCUT2D eigenvalue weighted by Crippen LogP contribution is -2.33. The Morgan fingerprint density at radius 1 is 1.07 bits per heavy atom. The molecule has 6 heteroatoms. The van der Waals surface area contributed by atoms with Gasteiger partial charge in [0, 0.05) is 24.4 Å². The van der Waals surface area contributed by atoms with Crippen molar-refractivity contribution in [3.05, 3.63) is 94.4 Å². The third kappa shape index (κ3) is 3.80. The quantitative estimate of drug-likeness (QED) is 0.694. The lowest BCUT2D eigenvalue weighted by molar-refractivity contribution is -0.122. The summed E-state index contributed by atoms with van der Waals surface area (Å²) in [6.45, 7) is 0. The maximum absolute atomic E-state index is 12.8. The highest BCUT2D eigenvalue weighted by Crippen LogP contribution is 2.32. The monoisotopic (exact) mass is 377 g/mol. The Bertz CT molecular complexity index is 950. The van der Waals surface area contributed by atoms with Crippen molar-refractivity contribution < 1.29 is 4.79 Å². The van der Waals surface area contributed by atoms with Crippen molar-refractivity contribution >= 4 is 17.7 Å². The van der Waals surface area contributed by atoms with Crippen LogP contribution in [0.5, 0.6) is 0 Å². The topological polar surface area (TPSA) is 64.0 Å². The smallest absolute Gasteiger partial charge is 0.254 e. The average Bonchev–Trinajstić information content (AvgIpc) is 3.11. The van der Waals surface area contributed by atoms with Gasteiger partial charge in [-0.1, -0.05) is 72.4 Å². The molecule has 1 atom stereocenters. The molecule has 4 rings (SSSR count). The summed E-state index contributed by atoms with van der Waals surface area (Å²) in [5.74, 6) is 0.600. The maximum Gasteiger partial charge on any atom is 0.254 e. The van der Waals surface area contributed by atoms with Gasteiger partial charge in [-0.2, -0.15) is 0 Å². The Balaban J connectivity index is 1.55. The third-order valence-corrected chi connectivity index (χ3v) is 5.72. The first kappa shape index (κ1) is 17.5. The summed E-state index contributed by atoms with van der Waals surface area (Å²) in [4.78, 5) is 29.2. The first-order valence-electron chi connectivity index (χ1n) is 8.82. The van der Waals surface area contributed by atoms with Crippen molar-refractivity contribution in [2.24, 2.45) is 0 Å². The second kappa shape index (κ2) is 7.80. The zero-order valence-corrected chi connectivity index (χ0v) is 15.4. The molecule has 2 heterocycles. The van der Waals surface area contributed by atoms with E-state index in [1.54, 1.807) is 4.57 Å². The van der Waals surface area contributed by atoms with E-state index in [0.29, 0.717) is 10.9 Å². The summed E-state index contributed by atoms with van der Waals surface area (Å²) in [5, 5.41) is 3.83. The van der Waals surface area contributed by atoms with Gasteiger partial charge in [-0.15, -0.1) is 0 Å². The van der Waals surface area contributed by atoms with E-state index in [4.69, 9.17) is 0 Å². The highest BCUT2D eigenvalue weighted by atomic mass is 32.2. The molecule has 0 radical (unpaired) electrons. The van der Waals surface area contributed by atoms with Gasteiger partial charge in [0.05, 0.1) is 12.1 Å². The summed E-state index contributed by atoms with van der Waals surface area (Å²) in [7, 11) is 0. The van der Waals surface area contributed by atoms with E-state index in [-0.39, 0.29) is 30.0 Å². The van der Waals surface area contributed by atoms with Gasteiger partial charge >= 0.3 is 0 Å². The number of nitrogens with one attached hydrogen (secondary N) is 1. The normalized spacial score (nSPS) is 15.5. The highest BCUT2D eigenvalue weighted by Gasteiger charge is 2.27. The number of carbonyl (C=O) groups excluding carboxylic acids is 1. The number of hydrogen-bond acceptors (Lipinski definition) is 4. The molecular weight excluding hydrogens is 358 g/mol. The summed E-state index contributed by atoms with van der Waals surface area (Å²) in [6.07, 6.45) is 1.77. The van der Waals surface area contributed by atoms with Crippen LogP contribution in [0.1, 0.15) is 29.6 Å². The molecule has 0 aliphatic carbocycles. The van der Waals surface area contributed by atoms with Crippen molar-refractivity contribution in [3.63, 3.8) is 0 Å². The molecule has 1 amide bonds. The van der Waals surface area contributed by atoms with Gasteiger partial charge in [-0.05, 0) is 11.1 Å². The highest BCUT2D eigenvalue weighted by molar-refractivity contribution is 7.99. The summed E-state index contributed by atoms with van der Waals surface area (Å²) < 4.78 is 1.63. The summed E-state index contributed by atoms with van der Waals surface area (Å²) in [5.41, 5.74) is 1.94. The van der Waals surface area contributed by atoms with Crippen molar-refractivity contribution in [2.45, 2.75) is 23.7 Å². The number of amides is 1. The van der Waals surface area contributed by atoms with Gasteiger partial charge < -0.3 is 5.32 Å². The van der Waals surface area contributed by atoms with Crippen molar-refractivity contribution in [1.29, 1.82) is 0 Å². The number of thioether (sulfide) groups is 1. The zero-order valence-electron chi connectivity index (χ0n) is 14.6. The molecule has 27 heavy (non-hydrogen) atoms. The number of carbonyl (C=O) groups is 1. The minimum absolute atomic E-state index is 0.0816. The fourth-order valence-electron chi connectivity index (χ4n) is 3.32. The molecule has 0 bridgehead atoms. The van der Waals surface area contributed by atoms with Crippen LogP contribution in [0.15, 0.2) is 82.9 Å². The molecule has 0 fully saturated rings. The number of hydrogen-bond donors (Lipinski definition) is 1. The molecular formula is C21H19N3O2S. The summed E-state index contributed by atoms with van der Waals surface area (Å²) in [6, 6.07) is 20.9. The SMILES string of the molecule is O=C(CC1CSc2nccc(=O)n21)NC(c1ccccc1)c1ccccc1. The molecule has 136 valence electrons. The van der Waals surface area contributed by atoms with Crippen molar-refractivity contribution in [1.82, 2.24) is 14.9 Å². The maximum atomic E-state index is 12.8. The first-order chi connectivity index (χ1) is 13.2. The lowest BCUT2D eigenvalue weighted by Gasteiger charge is -2.21. The fraction of sp³-hybridized carbons (Fsp3) is 0.190. The average molecular weight is 377 g/mol. The summed E-state index contributed by atoms with van der Waals surface area (Å²) >= 11 is 1.52. The Hall–Kier alpha value is -2.86. The largest absolute Gasteiger partial charge is 0.345 e. The minimum Gasteiger partial charge on any atom is -0.345 e. The molecule has 1 unspecified atom stereocenters. The number of benzene rings is 2. The second-order valence-electron chi connectivity index (χ2n) is 6.43. The van der Waals surface area contributed by atoms with E-state index in [1.807, 2.05) is 60.7 Å². The van der Waals surface area contributed by atoms with Gasteiger partial charge in [-0.3, -0.25) is 14.2 Å². The third-order valence-electron chi connectivity index (χ3n) is 4.61. The molecule has 0 spiro atoms. The van der Waals surface area contributed by atoms with Crippen LogP contribution in [0.25, 0.3) is 0 Å². The molecule has 1 aliphatic rings. The number of rotatable bonds is 5.